The maximum Gasteiger partial charge on any atom is 0.248 e. The van der Waals surface area contributed by atoms with E-state index in [9.17, 15) is 9.59 Å². The van der Waals surface area contributed by atoms with E-state index in [-0.39, 0.29) is 24.3 Å². The topological polar surface area (TPSA) is 86.3 Å². The fourth-order valence-electron chi connectivity index (χ4n) is 5.32. The fourth-order valence-corrected chi connectivity index (χ4v) is 6.01. The summed E-state index contributed by atoms with van der Waals surface area (Å²) in [6.45, 7) is 0.871. The van der Waals surface area contributed by atoms with Crippen LogP contribution in [0.3, 0.4) is 0 Å². The third kappa shape index (κ3) is 5.98. The molecule has 1 fully saturated rings. The highest BCUT2D eigenvalue weighted by Gasteiger charge is 2.37. The van der Waals surface area contributed by atoms with E-state index in [4.69, 9.17) is 18.9 Å². The molecule has 2 aromatic carbocycles. The van der Waals surface area contributed by atoms with Crippen molar-refractivity contribution in [2.75, 3.05) is 32.3 Å². The number of benzene rings is 2. The van der Waals surface area contributed by atoms with Crippen LogP contribution in [-0.2, 0) is 16.0 Å². The van der Waals surface area contributed by atoms with Gasteiger partial charge in [-0.1, -0.05) is 37.5 Å². The van der Waals surface area contributed by atoms with Crippen LogP contribution in [0.1, 0.15) is 48.6 Å². The predicted molar refractivity (Wildman–Crippen MR) is 150 cm³/mol. The molecule has 0 saturated heterocycles. The van der Waals surface area contributed by atoms with Crippen LogP contribution in [0.2, 0.25) is 0 Å². The Morgan fingerprint density at radius 3 is 2.51 bits per heavy atom. The number of para-hydroxylation sites is 1. The van der Waals surface area contributed by atoms with Gasteiger partial charge in [-0.25, -0.2) is 0 Å². The van der Waals surface area contributed by atoms with Crippen LogP contribution < -0.4 is 29.2 Å². The van der Waals surface area contributed by atoms with Gasteiger partial charge in [0.15, 0.2) is 23.0 Å². The summed E-state index contributed by atoms with van der Waals surface area (Å²) in [6, 6.07) is 13.6. The lowest BCUT2D eigenvalue weighted by Gasteiger charge is -2.34. The molecule has 2 heterocycles. The van der Waals surface area contributed by atoms with Crippen LogP contribution in [0, 0.1) is 0 Å². The summed E-state index contributed by atoms with van der Waals surface area (Å²) in [5.74, 6) is 1.56. The highest BCUT2D eigenvalue weighted by molar-refractivity contribution is 7.10. The molecule has 39 heavy (non-hydrogen) atoms. The summed E-state index contributed by atoms with van der Waals surface area (Å²) >= 11 is 1.51. The molecule has 9 heteroatoms. The predicted octanol–water partition coefficient (Wildman–Crippen LogP) is 5.30. The molecule has 5 rings (SSSR count). The number of methoxy groups -OCH3 is 2. The van der Waals surface area contributed by atoms with Crippen molar-refractivity contribution < 1.29 is 28.5 Å². The summed E-state index contributed by atoms with van der Waals surface area (Å²) in [6.07, 6.45) is 5.29. The van der Waals surface area contributed by atoms with Gasteiger partial charge in [-0.3, -0.25) is 14.5 Å². The molecule has 2 amide bonds. The standard InChI is InChI=1S/C30H34N2O6S/c1-35-25-12-6-11-23(29(25)36-2)28(30(34)31-20-8-4-3-5-9-20)32(27(33)19-22-10-7-17-39-22)21-13-14-24-26(18-21)38-16-15-37-24/h6-7,10-14,17-18,20,28H,3-5,8-9,15-16,19H2,1-2H3,(H,31,34)/t28-/m0/s1. The Kier molecular flexibility index (Phi) is 8.56. The molecule has 0 unspecified atom stereocenters. The van der Waals surface area contributed by atoms with E-state index in [1.165, 1.54) is 17.8 Å². The minimum absolute atomic E-state index is 0.0554. The first-order valence-electron chi connectivity index (χ1n) is 13.3. The van der Waals surface area contributed by atoms with Crippen molar-refractivity contribution in [1.29, 1.82) is 0 Å². The number of rotatable bonds is 9. The maximum atomic E-state index is 14.2. The number of ether oxygens (including phenoxy) is 4. The molecule has 206 valence electrons. The van der Waals surface area contributed by atoms with E-state index in [0.717, 1.165) is 30.6 Å². The molecule has 1 atom stereocenters. The normalized spacial score (nSPS) is 15.7. The van der Waals surface area contributed by atoms with Gasteiger partial charge < -0.3 is 24.3 Å². The van der Waals surface area contributed by atoms with Crippen LogP contribution in [0.4, 0.5) is 5.69 Å². The zero-order chi connectivity index (χ0) is 27.2. The molecular weight excluding hydrogens is 516 g/mol. The molecule has 1 aliphatic carbocycles. The zero-order valence-corrected chi connectivity index (χ0v) is 23.1. The van der Waals surface area contributed by atoms with Gasteiger partial charge in [0.1, 0.15) is 19.3 Å². The summed E-state index contributed by atoms with van der Waals surface area (Å²) < 4.78 is 22.9. The van der Waals surface area contributed by atoms with E-state index >= 15 is 0 Å². The molecule has 1 N–H and O–H groups in total. The minimum Gasteiger partial charge on any atom is -0.493 e. The van der Waals surface area contributed by atoms with Crippen LogP contribution in [0.5, 0.6) is 23.0 Å². The molecule has 0 bridgehead atoms. The van der Waals surface area contributed by atoms with Crippen LogP contribution in [0.25, 0.3) is 0 Å². The van der Waals surface area contributed by atoms with Crippen molar-refractivity contribution in [2.45, 2.75) is 50.6 Å². The van der Waals surface area contributed by atoms with E-state index in [0.29, 0.717) is 47.5 Å². The quantitative estimate of drug-likeness (QED) is 0.389. The Balaban J connectivity index is 1.63. The second kappa shape index (κ2) is 12.4. The zero-order valence-electron chi connectivity index (χ0n) is 22.3. The lowest BCUT2D eigenvalue weighted by Crippen LogP contribution is -2.47. The minimum atomic E-state index is -1.01. The van der Waals surface area contributed by atoms with Gasteiger partial charge >= 0.3 is 0 Å². The second-order valence-corrected chi connectivity index (χ2v) is 10.7. The smallest absolute Gasteiger partial charge is 0.248 e. The Bertz CT molecular complexity index is 1290. The van der Waals surface area contributed by atoms with Crippen molar-refractivity contribution in [3.05, 3.63) is 64.4 Å². The van der Waals surface area contributed by atoms with Gasteiger partial charge in [0.25, 0.3) is 0 Å². The SMILES string of the molecule is COc1cccc([C@@H](C(=O)NC2CCCCC2)N(C(=O)Cc2cccs2)c2ccc3c(c2)OCCO3)c1OC. The van der Waals surface area contributed by atoms with Crippen molar-refractivity contribution in [2.24, 2.45) is 0 Å². The van der Waals surface area contributed by atoms with Crippen molar-refractivity contribution in [1.82, 2.24) is 5.32 Å². The number of carbonyl (C=O) groups is 2. The first-order valence-corrected chi connectivity index (χ1v) is 14.2. The Morgan fingerprint density at radius 2 is 1.79 bits per heavy atom. The Hall–Kier alpha value is -3.72. The first kappa shape index (κ1) is 26.9. The largest absolute Gasteiger partial charge is 0.493 e. The van der Waals surface area contributed by atoms with Crippen LogP contribution in [-0.4, -0.2) is 45.3 Å². The summed E-state index contributed by atoms with van der Waals surface area (Å²) in [7, 11) is 3.10. The summed E-state index contributed by atoms with van der Waals surface area (Å²) in [5, 5.41) is 5.19. The van der Waals surface area contributed by atoms with E-state index in [1.807, 2.05) is 29.6 Å². The molecule has 2 aliphatic rings. The third-order valence-electron chi connectivity index (χ3n) is 7.16. The van der Waals surface area contributed by atoms with Gasteiger partial charge in [-0.05, 0) is 42.5 Å². The summed E-state index contributed by atoms with van der Waals surface area (Å²) in [4.78, 5) is 30.9. The number of amides is 2. The van der Waals surface area contributed by atoms with E-state index in [2.05, 4.69) is 5.32 Å². The number of nitrogens with one attached hydrogen (secondary N) is 1. The van der Waals surface area contributed by atoms with Crippen LogP contribution >= 0.6 is 11.3 Å². The highest BCUT2D eigenvalue weighted by Crippen LogP contribution is 2.42. The maximum absolute atomic E-state index is 14.2. The van der Waals surface area contributed by atoms with Crippen molar-refractivity contribution >= 4 is 28.8 Å². The van der Waals surface area contributed by atoms with E-state index < -0.39 is 6.04 Å². The van der Waals surface area contributed by atoms with E-state index in [1.54, 1.807) is 43.4 Å². The number of fused-ring (bicyclic) bond motifs is 1. The lowest BCUT2D eigenvalue weighted by atomic mass is 9.94. The van der Waals surface area contributed by atoms with Gasteiger partial charge in [-0.15, -0.1) is 11.3 Å². The second-order valence-electron chi connectivity index (χ2n) is 9.68. The number of thiophene rings is 1. The molecule has 0 spiro atoms. The third-order valence-corrected chi connectivity index (χ3v) is 8.04. The number of hydrogen-bond acceptors (Lipinski definition) is 7. The molecule has 1 saturated carbocycles. The molecule has 1 aliphatic heterocycles. The summed E-state index contributed by atoms with van der Waals surface area (Å²) in [5.41, 5.74) is 1.08. The van der Waals surface area contributed by atoms with Gasteiger partial charge in [0.2, 0.25) is 11.8 Å². The average Bonchev–Trinajstić information content (AvgIpc) is 3.48. The molecule has 0 radical (unpaired) electrons. The number of hydrogen-bond donors (Lipinski definition) is 1. The number of carbonyl (C=O) groups excluding carboxylic acids is 2. The highest BCUT2D eigenvalue weighted by atomic mass is 32.1. The fraction of sp³-hybridized carbons (Fsp3) is 0.400. The van der Waals surface area contributed by atoms with Crippen molar-refractivity contribution in [3.8, 4) is 23.0 Å². The van der Waals surface area contributed by atoms with Crippen LogP contribution in [0.15, 0.2) is 53.9 Å². The monoisotopic (exact) mass is 550 g/mol. The molecular formula is C30H34N2O6S. The molecule has 3 aromatic rings. The Labute approximate surface area is 232 Å². The Morgan fingerprint density at radius 1 is 1.00 bits per heavy atom. The lowest BCUT2D eigenvalue weighted by molar-refractivity contribution is -0.127. The first-order chi connectivity index (χ1) is 19.1. The van der Waals surface area contributed by atoms with Gasteiger partial charge in [0.05, 0.1) is 20.6 Å². The molecule has 1 aromatic heterocycles. The average molecular weight is 551 g/mol. The van der Waals surface area contributed by atoms with Gasteiger partial charge in [0, 0.05) is 28.2 Å². The number of nitrogens with zero attached hydrogens (tertiary/aromatic N) is 1. The number of anilines is 1. The van der Waals surface area contributed by atoms with Crippen molar-refractivity contribution in [3.63, 3.8) is 0 Å². The molecule has 8 nitrogen and oxygen atoms in total. The van der Waals surface area contributed by atoms with Gasteiger partial charge in [-0.2, -0.15) is 0 Å².